The van der Waals surface area contributed by atoms with Gasteiger partial charge in [0.15, 0.2) is 5.82 Å². The number of carbonyl (C=O) groups excluding carboxylic acids is 1. The number of nitrogens with one attached hydrogen (secondary N) is 1. The van der Waals surface area contributed by atoms with Gasteiger partial charge < -0.3 is 19.5 Å². The number of amides is 1. The zero-order valence-electron chi connectivity index (χ0n) is 18.1. The minimum Gasteiger partial charge on any atom is -0.489 e. The Hall–Kier alpha value is -2.58. The summed E-state index contributed by atoms with van der Waals surface area (Å²) in [7, 11) is 1.81. The van der Waals surface area contributed by atoms with Crippen molar-refractivity contribution >= 4 is 11.7 Å². The van der Waals surface area contributed by atoms with Gasteiger partial charge in [-0.25, -0.2) is 0 Å². The third-order valence-corrected chi connectivity index (χ3v) is 5.32. The molecule has 0 bridgehead atoms. The fourth-order valence-corrected chi connectivity index (χ4v) is 3.95. The molecule has 1 fully saturated rings. The Bertz CT molecular complexity index is 918. The van der Waals surface area contributed by atoms with Crippen LogP contribution in [0.5, 0.6) is 11.5 Å². The first kappa shape index (κ1) is 20.7. The molecular weight excluding hydrogens is 384 g/mol. The summed E-state index contributed by atoms with van der Waals surface area (Å²) in [6.07, 6.45) is 2.50. The zero-order valence-corrected chi connectivity index (χ0v) is 18.1. The summed E-state index contributed by atoms with van der Waals surface area (Å²) >= 11 is 0. The third-order valence-electron chi connectivity index (χ3n) is 5.32. The van der Waals surface area contributed by atoms with Gasteiger partial charge in [-0.05, 0) is 32.9 Å². The van der Waals surface area contributed by atoms with Crippen molar-refractivity contribution < 1.29 is 19.0 Å². The summed E-state index contributed by atoms with van der Waals surface area (Å²) in [5, 5.41) is 7.05. The number of aryl methyl sites for hydroxylation is 1. The van der Waals surface area contributed by atoms with E-state index in [1.54, 1.807) is 23.0 Å². The lowest BCUT2D eigenvalue weighted by Gasteiger charge is -2.29. The zero-order chi connectivity index (χ0) is 21.3. The smallest absolute Gasteiger partial charge is 0.257 e. The molecule has 2 aliphatic heterocycles. The van der Waals surface area contributed by atoms with Crippen molar-refractivity contribution in [1.82, 2.24) is 14.7 Å². The lowest BCUT2D eigenvalue weighted by molar-refractivity contribution is 0.0217. The van der Waals surface area contributed by atoms with Gasteiger partial charge in [0, 0.05) is 56.5 Å². The van der Waals surface area contributed by atoms with Crippen LogP contribution in [0.3, 0.4) is 0 Å². The number of ether oxygens (including phenoxy) is 3. The number of rotatable bonds is 6. The standard InChI is InChI=1S/C22H30N4O4/c1-15(14-26-7-9-28-10-8-26)29-18-11-16(12-19-17(18)13-22(2,3)30-19)21(27)23-20-5-6-25(4)24-20/h5-6,11-12,15H,7-10,13-14H2,1-4H3,(H,23,24,27). The maximum atomic E-state index is 12.8. The Morgan fingerprint density at radius 2 is 2.10 bits per heavy atom. The monoisotopic (exact) mass is 414 g/mol. The summed E-state index contributed by atoms with van der Waals surface area (Å²) in [5.41, 5.74) is 1.18. The number of aromatic nitrogens is 2. The normalized spacial score (nSPS) is 19.1. The Morgan fingerprint density at radius 1 is 1.33 bits per heavy atom. The number of nitrogens with zero attached hydrogens (tertiary/aromatic N) is 3. The first-order valence-corrected chi connectivity index (χ1v) is 10.4. The molecule has 1 saturated heterocycles. The highest BCUT2D eigenvalue weighted by Crippen LogP contribution is 2.42. The summed E-state index contributed by atoms with van der Waals surface area (Å²) < 4.78 is 19.5. The Balaban J connectivity index is 1.54. The van der Waals surface area contributed by atoms with Gasteiger partial charge in [-0.3, -0.25) is 14.4 Å². The average molecular weight is 415 g/mol. The fraction of sp³-hybridized carbons (Fsp3) is 0.545. The molecule has 3 heterocycles. The van der Waals surface area contributed by atoms with E-state index in [0.717, 1.165) is 44.8 Å². The maximum Gasteiger partial charge on any atom is 0.257 e. The van der Waals surface area contributed by atoms with E-state index in [0.29, 0.717) is 22.9 Å². The van der Waals surface area contributed by atoms with Crippen LogP contribution in [0, 0.1) is 0 Å². The number of carbonyl (C=O) groups is 1. The molecule has 0 radical (unpaired) electrons. The average Bonchev–Trinajstić information content (AvgIpc) is 3.23. The molecule has 8 nitrogen and oxygen atoms in total. The van der Waals surface area contributed by atoms with E-state index in [9.17, 15) is 4.79 Å². The molecule has 2 aromatic rings. The van der Waals surface area contributed by atoms with Crippen molar-refractivity contribution in [3.05, 3.63) is 35.5 Å². The van der Waals surface area contributed by atoms with Crippen LogP contribution in [0.4, 0.5) is 5.82 Å². The van der Waals surface area contributed by atoms with Gasteiger partial charge in [0.2, 0.25) is 0 Å². The molecule has 1 aromatic heterocycles. The lowest BCUT2D eigenvalue weighted by Crippen LogP contribution is -2.41. The SMILES string of the molecule is CC(CN1CCOCC1)Oc1cc(C(=O)Nc2ccn(C)n2)cc2c1CC(C)(C)O2. The molecule has 0 aliphatic carbocycles. The molecule has 1 unspecified atom stereocenters. The first-order valence-electron chi connectivity index (χ1n) is 10.4. The van der Waals surface area contributed by atoms with Crippen molar-refractivity contribution in [3.63, 3.8) is 0 Å². The van der Waals surface area contributed by atoms with Crippen molar-refractivity contribution in [3.8, 4) is 11.5 Å². The summed E-state index contributed by atoms with van der Waals surface area (Å²) in [6, 6.07) is 5.37. The Kier molecular flexibility index (Phi) is 5.71. The van der Waals surface area contributed by atoms with Crippen LogP contribution in [0.25, 0.3) is 0 Å². The van der Waals surface area contributed by atoms with Crippen LogP contribution < -0.4 is 14.8 Å². The number of anilines is 1. The highest BCUT2D eigenvalue weighted by atomic mass is 16.5. The quantitative estimate of drug-likeness (QED) is 0.783. The lowest BCUT2D eigenvalue weighted by atomic mass is 9.99. The van der Waals surface area contributed by atoms with E-state index in [1.807, 2.05) is 27.0 Å². The van der Waals surface area contributed by atoms with E-state index in [4.69, 9.17) is 14.2 Å². The van der Waals surface area contributed by atoms with Crippen LogP contribution in [0.1, 0.15) is 36.7 Å². The topological polar surface area (TPSA) is 77.9 Å². The van der Waals surface area contributed by atoms with E-state index < -0.39 is 0 Å². The molecule has 162 valence electrons. The van der Waals surface area contributed by atoms with Gasteiger partial charge in [0.05, 0.1) is 13.2 Å². The predicted molar refractivity (Wildman–Crippen MR) is 113 cm³/mol. The maximum absolute atomic E-state index is 12.8. The second kappa shape index (κ2) is 8.28. The molecule has 4 rings (SSSR count). The fourth-order valence-electron chi connectivity index (χ4n) is 3.95. The van der Waals surface area contributed by atoms with Gasteiger partial charge in [0.25, 0.3) is 5.91 Å². The summed E-state index contributed by atoms with van der Waals surface area (Å²) in [4.78, 5) is 15.2. The van der Waals surface area contributed by atoms with E-state index in [-0.39, 0.29) is 17.6 Å². The number of hydrogen-bond donors (Lipinski definition) is 1. The number of morpholine rings is 1. The van der Waals surface area contributed by atoms with Crippen LogP contribution >= 0.6 is 0 Å². The Morgan fingerprint density at radius 3 is 2.80 bits per heavy atom. The minimum absolute atomic E-state index is 0.0231. The van der Waals surface area contributed by atoms with Crippen molar-refractivity contribution in [2.75, 3.05) is 38.2 Å². The summed E-state index contributed by atoms with van der Waals surface area (Å²) in [6.45, 7) is 10.3. The largest absolute Gasteiger partial charge is 0.489 e. The molecule has 1 amide bonds. The van der Waals surface area contributed by atoms with Crippen molar-refractivity contribution in [1.29, 1.82) is 0 Å². The highest BCUT2D eigenvalue weighted by Gasteiger charge is 2.34. The first-order chi connectivity index (χ1) is 14.3. The number of fused-ring (bicyclic) bond motifs is 1. The highest BCUT2D eigenvalue weighted by molar-refractivity contribution is 6.04. The van der Waals surface area contributed by atoms with Crippen molar-refractivity contribution in [2.24, 2.45) is 7.05 Å². The van der Waals surface area contributed by atoms with Crippen LogP contribution in [0.2, 0.25) is 0 Å². The van der Waals surface area contributed by atoms with Gasteiger partial charge in [-0.2, -0.15) is 5.10 Å². The van der Waals surface area contributed by atoms with E-state index in [1.165, 1.54) is 0 Å². The van der Waals surface area contributed by atoms with Gasteiger partial charge in [-0.1, -0.05) is 0 Å². The molecule has 1 N–H and O–H groups in total. The van der Waals surface area contributed by atoms with Crippen LogP contribution in [-0.4, -0.2) is 65.1 Å². The van der Waals surface area contributed by atoms with Gasteiger partial charge >= 0.3 is 0 Å². The second-order valence-electron chi connectivity index (χ2n) is 8.66. The third kappa shape index (κ3) is 4.76. The molecular formula is C22H30N4O4. The van der Waals surface area contributed by atoms with E-state index in [2.05, 4.69) is 22.2 Å². The predicted octanol–water partition coefficient (Wildman–Crippen LogP) is 2.49. The Labute approximate surface area is 177 Å². The molecule has 1 atom stereocenters. The molecule has 1 aromatic carbocycles. The van der Waals surface area contributed by atoms with E-state index >= 15 is 0 Å². The van der Waals surface area contributed by atoms with Gasteiger partial charge in [0.1, 0.15) is 23.2 Å². The number of hydrogen-bond acceptors (Lipinski definition) is 6. The van der Waals surface area contributed by atoms with Crippen molar-refractivity contribution in [2.45, 2.75) is 38.9 Å². The molecule has 0 saturated carbocycles. The minimum atomic E-state index is -0.329. The molecule has 8 heteroatoms. The van der Waals surface area contributed by atoms with Gasteiger partial charge in [-0.15, -0.1) is 0 Å². The molecule has 0 spiro atoms. The summed E-state index contributed by atoms with van der Waals surface area (Å²) in [5.74, 6) is 1.69. The van der Waals surface area contributed by atoms with Crippen LogP contribution in [-0.2, 0) is 18.2 Å². The molecule has 2 aliphatic rings. The number of benzene rings is 1. The van der Waals surface area contributed by atoms with Crippen LogP contribution in [0.15, 0.2) is 24.4 Å². The second-order valence-corrected chi connectivity index (χ2v) is 8.66. The molecule has 30 heavy (non-hydrogen) atoms.